The van der Waals surface area contributed by atoms with E-state index in [0.717, 1.165) is 24.1 Å². The van der Waals surface area contributed by atoms with Crippen LogP contribution in [0, 0.1) is 6.92 Å². The lowest BCUT2D eigenvalue weighted by molar-refractivity contribution is 0.0977. The van der Waals surface area contributed by atoms with Crippen molar-refractivity contribution in [3.63, 3.8) is 0 Å². The SMILES string of the molecule is CCCCOc1cccc(C(=O)NC(=S)Nc2cccc(C)c2)c1. The molecule has 0 aliphatic carbocycles. The number of hydrogen-bond acceptors (Lipinski definition) is 3. The van der Waals surface area contributed by atoms with E-state index in [1.165, 1.54) is 0 Å². The summed E-state index contributed by atoms with van der Waals surface area (Å²) in [6.45, 7) is 4.75. The van der Waals surface area contributed by atoms with E-state index in [1.54, 1.807) is 18.2 Å². The molecule has 2 aromatic rings. The highest BCUT2D eigenvalue weighted by molar-refractivity contribution is 7.80. The predicted octanol–water partition coefficient (Wildman–Crippen LogP) is 4.30. The molecule has 0 saturated heterocycles. The predicted molar refractivity (Wildman–Crippen MR) is 102 cm³/mol. The minimum absolute atomic E-state index is 0.263. The highest BCUT2D eigenvalue weighted by Crippen LogP contribution is 2.14. The Bertz CT molecular complexity index is 716. The molecule has 1 amide bonds. The summed E-state index contributed by atoms with van der Waals surface area (Å²) in [5, 5.41) is 5.96. The largest absolute Gasteiger partial charge is 0.494 e. The lowest BCUT2D eigenvalue weighted by atomic mass is 10.2. The molecular weight excluding hydrogens is 320 g/mol. The molecule has 126 valence electrons. The number of aryl methyl sites for hydroxylation is 1. The second kappa shape index (κ2) is 9.03. The highest BCUT2D eigenvalue weighted by atomic mass is 32.1. The number of benzene rings is 2. The molecule has 0 atom stereocenters. The highest BCUT2D eigenvalue weighted by Gasteiger charge is 2.09. The fraction of sp³-hybridized carbons (Fsp3) is 0.263. The number of ether oxygens (including phenoxy) is 1. The topological polar surface area (TPSA) is 50.4 Å². The first kappa shape index (κ1) is 17.9. The number of thiocarbonyl (C=S) groups is 1. The van der Waals surface area contributed by atoms with Gasteiger partial charge in [-0.2, -0.15) is 0 Å². The third-order valence-electron chi connectivity index (χ3n) is 3.37. The van der Waals surface area contributed by atoms with E-state index in [4.69, 9.17) is 17.0 Å². The fourth-order valence-corrected chi connectivity index (χ4v) is 2.33. The van der Waals surface area contributed by atoms with Gasteiger partial charge < -0.3 is 10.1 Å². The van der Waals surface area contributed by atoms with Crippen LogP contribution in [0.1, 0.15) is 35.7 Å². The van der Waals surface area contributed by atoms with Crippen molar-refractivity contribution in [3.8, 4) is 5.75 Å². The quantitative estimate of drug-likeness (QED) is 0.607. The van der Waals surface area contributed by atoms with Crippen molar-refractivity contribution in [1.29, 1.82) is 0 Å². The Labute approximate surface area is 148 Å². The van der Waals surface area contributed by atoms with Gasteiger partial charge in [0.15, 0.2) is 5.11 Å². The summed E-state index contributed by atoms with van der Waals surface area (Å²) in [4.78, 5) is 12.3. The molecule has 4 nitrogen and oxygen atoms in total. The van der Waals surface area contributed by atoms with Gasteiger partial charge in [-0.15, -0.1) is 0 Å². The Morgan fingerprint density at radius 1 is 1.17 bits per heavy atom. The van der Waals surface area contributed by atoms with E-state index in [2.05, 4.69) is 17.6 Å². The van der Waals surface area contributed by atoms with Gasteiger partial charge in [-0.1, -0.05) is 31.5 Å². The monoisotopic (exact) mass is 342 g/mol. The van der Waals surface area contributed by atoms with Gasteiger partial charge in [-0.3, -0.25) is 10.1 Å². The van der Waals surface area contributed by atoms with Crippen molar-refractivity contribution >= 4 is 28.9 Å². The fourth-order valence-electron chi connectivity index (χ4n) is 2.12. The van der Waals surface area contributed by atoms with Crippen LogP contribution in [0.25, 0.3) is 0 Å². The van der Waals surface area contributed by atoms with Gasteiger partial charge in [-0.25, -0.2) is 0 Å². The molecule has 0 aliphatic heterocycles. The van der Waals surface area contributed by atoms with Gasteiger partial charge in [0.25, 0.3) is 5.91 Å². The van der Waals surface area contributed by atoms with Crippen LogP contribution < -0.4 is 15.4 Å². The standard InChI is InChI=1S/C19H22N2O2S/c1-3-4-11-23-17-10-6-8-15(13-17)18(22)21-19(24)20-16-9-5-7-14(2)12-16/h5-10,12-13H,3-4,11H2,1-2H3,(H2,20,21,22,24). The average Bonchev–Trinajstić information content (AvgIpc) is 2.55. The van der Waals surface area contributed by atoms with Crippen LogP contribution in [0.4, 0.5) is 5.69 Å². The number of anilines is 1. The molecule has 2 rings (SSSR count). The molecule has 0 unspecified atom stereocenters. The molecule has 0 heterocycles. The van der Waals surface area contributed by atoms with Gasteiger partial charge in [0, 0.05) is 11.3 Å². The van der Waals surface area contributed by atoms with Crippen LogP contribution in [-0.4, -0.2) is 17.6 Å². The first-order chi connectivity index (χ1) is 11.6. The maximum atomic E-state index is 12.3. The average molecular weight is 342 g/mol. The summed E-state index contributed by atoms with van der Waals surface area (Å²) >= 11 is 5.20. The molecule has 2 N–H and O–H groups in total. The first-order valence-corrected chi connectivity index (χ1v) is 8.41. The Balaban J connectivity index is 1.93. The first-order valence-electron chi connectivity index (χ1n) is 8.00. The van der Waals surface area contributed by atoms with Crippen molar-refractivity contribution in [1.82, 2.24) is 5.32 Å². The van der Waals surface area contributed by atoms with Gasteiger partial charge >= 0.3 is 0 Å². The number of amides is 1. The molecule has 24 heavy (non-hydrogen) atoms. The Hall–Kier alpha value is -2.40. The smallest absolute Gasteiger partial charge is 0.257 e. The summed E-state index contributed by atoms with van der Waals surface area (Å²) in [7, 11) is 0. The minimum Gasteiger partial charge on any atom is -0.494 e. The number of unbranched alkanes of at least 4 members (excludes halogenated alkanes) is 1. The number of hydrogen-bond donors (Lipinski definition) is 2. The van der Waals surface area contributed by atoms with Crippen molar-refractivity contribution in [3.05, 3.63) is 59.7 Å². The molecule has 0 bridgehead atoms. The molecule has 0 aromatic heterocycles. The number of rotatable bonds is 6. The van der Waals surface area contributed by atoms with Crippen LogP contribution in [0.15, 0.2) is 48.5 Å². The molecule has 0 spiro atoms. The Morgan fingerprint density at radius 2 is 1.96 bits per heavy atom. The second-order valence-electron chi connectivity index (χ2n) is 5.51. The lowest BCUT2D eigenvalue weighted by Crippen LogP contribution is -2.34. The normalized spacial score (nSPS) is 10.1. The van der Waals surface area contributed by atoms with E-state index in [0.29, 0.717) is 17.9 Å². The van der Waals surface area contributed by atoms with Crippen molar-refractivity contribution in [2.45, 2.75) is 26.7 Å². The van der Waals surface area contributed by atoms with Crippen molar-refractivity contribution < 1.29 is 9.53 Å². The summed E-state index contributed by atoms with van der Waals surface area (Å²) in [5.41, 5.74) is 2.47. The molecule has 0 radical (unpaired) electrons. The van der Waals surface area contributed by atoms with E-state index >= 15 is 0 Å². The number of carbonyl (C=O) groups excluding carboxylic acids is 1. The molecule has 0 fully saturated rings. The van der Waals surface area contributed by atoms with Crippen LogP contribution in [0.5, 0.6) is 5.75 Å². The Morgan fingerprint density at radius 3 is 2.71 bits per heavy atom. The maximum absolute atomic E-state index is 12.3. The lowest BCUT2D eigenvalue weighted by Gasteiger charge is -2.11. The zero-order valence-corrected chi connectivity index (χ0v) is 14.8. The molecule has 2 aromatic carbocycles. The summed E-state index contributed by atoms with van der Waals surface area (Å²) < 4.78 is 5.62. The molecule has 0 saturated carbocycles. The van der Waals surface area contributed by atoms with Crippen molar-refractivity contribution in [2.75, 3.05) is 11.9 Å². The van der Waals surface area contributed by atoms with E-state index in [1.807, 2.05) is 37.3 Å². The van der Waals surface area contributed by atoms with E-state index in [-0.39, 0.29) is 11.0 Å². The molecular formula is C19H22N2O2S. The number of carbonyl (C=O) groups is 1. The minimum atomic E-state index is -0.263. The zero-order chi connectivity index (χ0) is 17.4. The van der Waals surface area contributed by atoms with Crippen LogP contribution in [-0.2, 0) is 0 Å². The molecule has 5 heteroatoms. The third-order valence-corrected chi connectivity index (χ3v) is 3.57. The Kier molecular flexibility index (Phi) is 6.75. The number of nitrogens with one attached hydrogen (secondary N) is 2. The maximum Gasteiger partial charge on any atom is 0.257 e. The second-order valence-corrected chi connectivity index (χ2v) is 5.92. The van der Waals surface area contributed by atoms with Crippen molar-refractivity contribution in [2.24, 2.45) is 0 Å². The zero-order valence-electron chi connectivity index (χ0n) is 14.0. The van der Waals surface area contributed by atoms with Crippen LogP contribution in [0.2, 0.25) is 0 Å². The van der Waals surface area contributed by atoms with Crippen LogP contribution in [0.3, 0.4) is 0 Å². The third kappa shape index (κ3) is 5.66. The van der Waals surface area contributed by atoms with Crippen LogP contribution >= 0.6 is 12.2 Å². The summed E-state index contributed by atoms with van der Waals surface area (Å²) in [6, 6.07) is 14.9. The van der Waals surface area contributed by atoms with E-state index < -0.39 is 0 Å². The van der Waals surface area contributed by atoms with E-state index in [9.17, 15) is 4.79 Å². The van der Waals surface area contributed by atoms with Gasteiger partial charge in [0.05, 0.1) is 6.61 Å². The van der Waals surface area contributed by atoms with Gasteiger partial charge in [0.1, 0.15) is 5.75 Å². The summed E-state index contributed by atoms with van der Waals surface area (Å²) in [6.07, 6.45) is 2.06. The molecule has 0 aliphatic rings. The summed E-state index contributed by atoms with van der Waals surface area (Å²) in [5.74, 6) is 0.426. The van der Waals surface area contributed by atoms with Gasteiger partial charge in [0.2, 0.25) is 0 Å². The van der Waals surface area contributed by atoms with Gasteiger partial charge in [-0.05, 0) is 61.5 Å².